The number of piperidine rings is 1. The van der Waals surface area contributed by atoms with E-state index in [2.05, 4.69) is 59.9 Å². The molecule has 3 fully saturated rings. The Hall–Kier alpha value is -6.83. The van der Waals surface area contributed by atoms with Gasteiger partial charge in [0, 0.05) is 75.1 Å². The maximum Gasteiger partial charge on any atom is 0.246 e. The summed E-state index contributed by atoms with van der Waals surface area (Å²) in [4.78, 5) is 67.5. The summed E-state index contributed by atoms with van der Waals surface area (Å²) < 4.78 is 12.1. The van der Waals surface area contributed by atoms with E-state index in [1.807, 2.05) is 75.4 Å². The van der Waals surface area contributed by atoms with Gasteiger partial charge in [0.25, 0.3) is 0 Å². The number of thiazole rings is 1. The Morgan fingerprint density at radius 2 is 1.58 bits per heavy atom. The van der Waals surface area contributed by atoms with Gasteiger partial charge in [0.05, 0.1) is 54.4 Å². The van der Waals surface area contributed by atoms with Gasteiger partial charge < -0.3 is 55.7 Å². The van der Waals surface area contributed by atoms with Crippen molar-refractivity contribution < 1.29 is 38.9 Å². The number of likely N-dealkylation sites (tertiary alicyclic amines) is 1. The van der Waals surface area contributed by atoms with Gasteiger partial charge in [-0.05, 0) is 79.6 Å². The molecule has 3 aromatic carbocycles. The normalized spacial score (nSPS) is 19.1. The van der Waals surface area contributed by atoms with E-state index in [1.165, 1.54) is 4.90 Å². The van der Waals surface area contributed by atoms with Gasteiger partial charge in [-0.25, -0.2) is 4.98 Å². The number of benzene rings is 3. The number of aliphatic hydroxyl groups is 1. The molecule has 0 radical (unpaired) electrons. The quantitative estimate of drug-likeness (QED) is 0.0702. The van der Waals surface area contributed by atoms with Crippen molar-refractivity contribution >= 4 is 52.2 Å². The number of aryl methyl sites for hydroxylation is 1. The Morgan fingerprint density at radius 3 is 2.26 bits per heavy atom. The van der Waals surface area contributed by atoms with Crippen LogP contribution in [0.25, 0.3) is 21.7 Å². The number of carbonyl (C=O) groups excluding carboxylic acids is 4. The molecule has 3 aliphatic rings. The Balaban J connectivity index is 0.742. The van der Waals surface area contributed by atoms with Gasteiger partial charge in [-0.15, -0.1) is 21.5 Å². The zero-order chi connectivity index (χ0) is 51.8. The van der Waals surface area contributed by atoms with E-state index >= 15 is 0 Å². The summed E-state index contributed by atoms with van der Waals surface area (Å²) in [7, 11) is 0. The molecule has 0 aliphatic carbocycles. The smallest absolute Gasteiger partial charge is 0.246 e. The van der Waals surface area contributed by atoms with E-state index in [0.29, 0.717) is 49.7 Å². The molecule has 5 aromatic rings. The fraction of sp³-hybridized carbons (Fsp3) is 0.463. The number of aromatic hydroxyl groups is 1. The molecule has 0 bridgehead atoms. The number of ether oxygens (including phenoxy) is 2. The second kappa shape index (κ2) is 23.4. The zero-order valence-electron chi connectivity index (χ0n) is 42.3. The van der Waals surface area contributed by atoms with E-state index in [4.69, 9.17) is 15.2 Å². The van der Waals surface area contributed by atoms with Crippen LogP contribution in [0.4, 0.5) is 17.2 Å². The first kappa shape index (κ1) is 52.5. The minimum Gasteiger partial charge on any atom is -0.507 e. The third-order valence-electron chi connectivity index (χ3n) is 13.8. The maximum absolute atomic E-state index is 14.1. The molecule has 3 saturated heterocycles. The predicted molar refractivity (Wildman–Crippen MR) is 281 cm³/mol. The highest BCUT2D eigenvalue weighted by atomic mass is 32.1. The maximum atomic E-state index is 14.1. The summed E-state index contributed by atoms with van der Waals surface area (Å²) >= 11 is 1.57. The van der Waals surface area contributed by atoms with Crippen molar-refractivity contribution in [3.63, 3.8) is 0 Å². The highest BCUT2D eigenvalue weighted by Gasteiger charge is 2.45. The number of rotatable bonds is 17. The minimum atomic E-state index is -0.965. The number of hydrogen-bond donors (Lipinski definition) is 5. The summed E-state index contributed by atoms with van der Waals surface area (Å²) in [5.74, 6) is -0.484. The molecule has 6 N–H and O–H groups in total. The van der Waals surface area contributed by atoms with Crippen LogP contribution in [0.15, 0.2) is 84.4 Å². The molecular formula is C54H68N10O8S. The van der Waals surface area contributed by atoms with Crippen LogP contribution in [0.3, 0.4) is 0 Å². The van der Waals surface area contributed by atoms with Crippen molar-refractivity contribution in [2.24, 2.45) is 5.41 Å². The zero-order valence-corrected chi connectivity index (χ0v) is 43.1. The standard InChI is InChI=1S/C54H68N10O8S/c1-34(36-12-14-37(15-13-36)49-35(2)56-33-73-49)57-52(69)44-29-40(65)31-64(44)53(70)50(54(3,4)5)58-47(67)20-27-71-28-21-48(68)62-25-23-61(24-26-62)38-16-18-39(19-17-38)63-22-8-9-41(32-63)72-46-30-43(59-60-51(46)55)42-10-6-7-11-45(42)66/h6-7,10-19,30,33-34,40-41,44,50,65-66H,8-9,20-29,31-32H2,1-5H3,(H2,55,60)(H,57,69)(H,58,67)/t34?,40-,41?,44+,50?/m0/s1. The van der Waals surface area contributed by atoms with Crippen molar-refractivity contribution in [1.29, 1.82) is 0 Å². The number of piperazine rings is 1. The fourth-order valence-electron chi connectivity index (χ4n) is 9.67. The number of phenolic OH excluding ortho intramolecular Hbond substituents is 1. The van der Waals surface area contributed by atoms with Crippen molar-refractivity contribution in [2.45, 2.75) is 97.1 Å². The molecule has 0 spiro atoms. The topological polar surface area (TPSA) is 229 Å². The Labute approximate surface area is 430 Å². The second-order valence-electron chi connectivity index (χ2n) is 20.2. The minimum absolute atomic E-state index is 0.0147. The number of nitrogen functional groups attached to an aromatic ring is 1. The van der Waals surface area contributed by atoms with Crippen molar-refractivity contribution in [2.75, 3.05) is 74.6 Å². The van der Waals surface area contributed by atoms with E-state index in [0.717, 1.165) is 52.5 Å². The second-order valence-corrected chi connectivity index (χ2v) is 21.1. The van der Waals surface area contributed by atoms with Crippen LogP contribution < -0.4 is 30.9 Å². The van der Waals surface area contributed by atoms with Crippen molar-refractivity contribution in [1.82, 2.24) is 35.6 Å². The van der Waals surface area contributed by atoms with Gasteiger partial charge in [-0.1, -0.05) is 57.2 Å². The molecule has 73 heavy (non-hydrogen) atoms. The number of amides is 4. The number of nitrogens with two attached hydrogens (primary N) is 1. The predicted octanol–water partition coefficient (Wildman–Crippen LogP) is 5.73. The number of β-amino-alcohol motifs (C(OH)–C–C–N with tert-alkyl or cyclic N) is 1. The lowest BCUT2D eigenvalue weighted by molar-refractivity contribution is -0.144. The van der Waals surface area contributed by atoms with E-state index in [1.54, 1.807) is 35.6 Å². The summed E-state index contributed by atoms with van der Waals surface area (Å²) in [5, 5.41) is 35.2. The summed E-state index contributed by atoms with van der Waals surface area (Å²) in [6.07, 6.45) is 1.04. The highest BCUT2D eigenvalue weighted by Crippen LogP contribution is 2.34. The molecule has 5 atom stereocenters. The van der Waals surface area contributed by atoms with Gasteiger partial charge in [0.1, 0.15) is 29.6 Å². The summed E-state index contributed by atoms with van der Waals surface area (Å²) in [6.45, 7) is 13.7. The first-order valence-corrected chi connectivity index (χ1v) is 26.0. The lowest BCUT2D eigenvalue weighted by Crippen LogP contribution is -2.58. The van der Waals surface area contributed by atoms with Gasteiger partial charge in [-0.3, -0.25) is 19.2 Å². The van der Waals surface area contributed by atoms with E-state index in [-0.39, 0.29) is 74.5 Å². The first-order valence-electron chi connectivity index (χ1n) is 25.1. The Morgan fingerprint density at radius 1 is 0.877 bits per heavy atom. The number of nitrogens with zero attached hydrogens (tertiary/aromatic N) is 7. The SMILES string of the molecule is Cc1ncsc1-c1ccc(C(C)NC(=O)[C@H]2C[C@H](O)CN2C(=O)C(NC(=O)CCOCCC(=O)N2CCN(c3ccc(N4CCCC(Oc5cc(-c6ccccc6O)nnc5N)C4)cc3)CC2)C(C)(C)C)cc1. The number of nitrogens with one attached hydrogen (secondary N) is 2. The molecule has 8 rings (SSSR count). The largest absolute Gasteiger partial charge is 0.507 e. The van der Waals surface area contributed by atoms with Gasteiger partial charge in [0.15, 0.2) is 11.6 Å². The van der Waals surface area contributed by atoms with Crippen LogP contribution in [-0.4, -0.2) is 142 Å². The van der Waals surface area contributed by atoms with Crippen LogP contribution in [0.1, 0.15) is 77.1 Å². The highest BCUT2D eigenvalue weighted by molar-refractivity contribution is 7.13. The molecule has 18 nitrogen and oxygen atoms in total. The van der Waals surface area contributed by atoms with Crippen LogP contribution in [0, 0.1) is 12.3 Å². The van der Waals surface area contributed by atoms with Crippen molar-refractivity contribution in [3.05, 3.63) is 95.6 Å². The van der Waals surface area contributed by atoms with Crippen LogP contribution in [0.2, 0.25) is 0 Å². The molecule has 388 valence electrons. The first-order chi connectivity index (χ1) is 35.0. The summed E-state index contributed by atoms with van der Waals surface area (Å²) in [6, 6.07) is 22.8. The molecule has 5 heterocycles. The molecule has 0 saturated carbocycles. The number of phenols is 1. The van der Waals surface area contributed by atoms with Gasteiger partial charge in [-0.2, -0.15) is 0 Å². The number of para-hydroxylation sites is 1. The van der Waals surface area contributed by atoms with Crippen LogP contribution in [0.5, 0.6) is 11.5 Å². The number of aliphatic hydroxyl groups excluding tert-OH is 1. The number of hydrogen-bond acceptors (Lipinski definition) is 15. The third kappa shape index (κ3) is 13.0. The number of anilines is 3. The molecule has 2 aromatic heterocycles. The Bertz CT molecular complexity index is 2710. The third-order valence-corrected chi connectivity index (χ3v) is 14.8. The monoisotopic (exact) mass is 1020 g/mol. The van der Waals surface area contributed by atoms with Gasteiger partial charge in [0.2, 0.25) is 23.6 Å². The average molecular weight is 1020 g/mol. The average Bonchev–Trinajstić information content (AvgIpc) is 4.01. The van der Waals surface area contributed by atoms with Gasteiger partial charge >= 0.3 is 0 Å². The molecule has 3 aliphatic heterocycles. The summed E-state index contributed by atoms with van der Waals surface area (Å²) in [5.41, 5.74) is 13.4. The molecule has 19 heteroatoms. The van der Waals surface area contributed by atoms with E-state index in [9.17, 15) is 29.4 Å². The molecular weight excluding hydrogens is 949 g/mol. The van der Waals surface area contributed by atoms with E-state index < -0.39 is 35.4 Å². The molecule has 3 unspecified atom stereocenters. The Kier molecular flexibility index (Phi) is 16.8. The molecule has 4 amide bonds. The lowest BCUT2D eigenvalue weighted by Gasteiger charge is -2.37. The lowest BCUT2D eigenvalue weighted by atomic mass is 9.85. The fourth-order valence-corrected chi connectivity index (χ4v) is 10.5. The van der Waals surface area contributed by atoms with Crippen LogP contribution >= 0.6 is 11.3 Å². The van der Waals surface area contributed by atoms with Crippen molar-refractivity contribution in [3.8, 4) is 33.2 Å². The number of carbonyl (C=O) groups is 4. The number of aromatic nitrogens is 3. The van der Waals surface area contributed by atoms with Crippen LogP contribution in [-0.2, 0) is 23.9 Å².